The van der Waals surface area contributed by atoms with Gasteiger partial charge in [0.15, 0.2) is 5.69 Å². The van der Waals surface area contributed by atoms with E-state index in [2.05, 4.69) is 15.3 Å². The van der Waals surface area contributed by atoms with Gasteiger partial charge in [-0.25, -0.2) is 4.98 Å². The number of thioether (sulfide) groups is 1. The molecule has 1 aromatic heterocycles. The Balaban J connectivity index is 2.82. The van der Waals surface area contributed by atoms with Crippen molar-refractivity contribution in [2.75, 3.05) is 29.6 Å². The molecule has 0 radical (unpaired) electrons. The minimum Gasteiger partial charge on any atom is -0.369 e. The predicted molar refractivity (Wildman–Crippen MR) is 58.3 cm³/mol. The van der Waals surface area contributed by atoms with Gasteiger partial charge in [-0.05, 0) is 6.26 Å². The van der Waals surface area contributed by atoms with Crippen molar-refractivity contribution in [2.24, 2.45) is 0 Å². The molecule has 16 heavy (non-hydrogen) atoms. The number of rotatable bonds is 4. The number of aromatic nitrogens is 2. The Morgan fingerprint density at radius 3 is 2.69 bits per heavy atom. The van der Waals surface area contributed by atoms with Crippen molar-refractivity contribution in [1.29, 1.82) is 0 Å². The Bertz CT molecular complexity index is 356. The highest BCUT2D eigenvalue weighted by Crippen LogP contribution is 2.29. The zero-order valence-corrected chi connectivity index (χ0v) is 9.32. The average molecular weight is 252 g/mol. The average Bonchev–Trinajstić information content (AvgIpc) is 2.16. The van der Waals surface area contributed by atoms with Gasteiger partial charge in [-0.1, -0.05) is 0 Å². The van der Waals surface area contributed by atoms with Crippen LogP contribution in [0.15, 0.2) is 6.07 Å². The fraction of sp³-hybridized carbons (Fsp3) is 0.500. The van der Waals surface area contributed by atoms with Gasteiger partial charge in [-0.15, -0.1) is 0 Å². The summed E-state index contributed by atoms with van der Waals surface area (Å²) in [5.41, 5.74) is 4.16. The van der Waals surface area contributed by atoms with Gasteiger partial charge in [0.25, 0.3) is 0 Å². The van der Waals surface area contributed by atoms with Crippen LogP contribution in [0.5, 0.6) is 0 Å². The molecule has 1 heterocycles. The molecular formula is C8H11F3N4S. The van der Waals surface area contributed by atoms with Crippen molar-refractivity contribution in [3.05, 3.63) is 11.8 Å². The molecule has 0 aromatic carbocycles. The highest BCUT2D eigenvalue weighted by atomic mass is 32.2. The predicted octanol–water partition coefficient (Wildman–Crippen LogP) is 1.85. The molecule has 0 aliphatic carbocycles. The molecule has 1 rings (SSSR count). The van der Waals surface area contributed by atoms with E-state index < -0.39 is 11.9 Å². The number of halogens is 3. The quantitative estimate of drug-likeness (QED) is 0.801. The third-order valence-electron chi connectivity index (χ3n) is 1.65. The maximum absolute atomic E-state index is 12.4. The smallest absolute Gasteiger partial charge is 0.369 e. The first-order valence-corrected chi connectivity index (χ1v) is 5.77. The van der Waals surface area contributed by atoms with Crippen molar-refractivity contribution in [3.63, 3.8) is 0 Å². The van der Waals surface area contributed by atoms with Gasteiger partial charge in [0.2, 0.25) is 5.95 Å². The molecule has 8 heteroatoms. The van der Waals surface area contributed by atoms with E-state index in [1.54, 1.807) is 11.8 Å². The number of alkyl halides is 3. The standard InChI is InChI=1S/C8H11F3N4S/c1-16-3-2-13-6-4-5(8(9,10)11)14-7(12)15-6/h4H,2-3H2,1H3,(H3,12,13,14,15). The van der Waals surface area contributed by atoms with Gasteiger partial charge in [0.1, 0.15) is 5.82 Å². The molecule has 0 fully saturated rings. The van der Waals surface area contributed by atoms with E-state index in [4.69, 9.17) is 5.73 Å². The molecule has 0 amide bonds. The van der Waals surface area contributed by atoms with Crippen LogP contribution in [0.1, 0.15) is 5.69 Å². The molecule has 3 N–H and O–H groups in total. The molecule has 0 saturated heterocycles. The molecule has 0 atom stereocenters. The molecule has 0 spiro atoms. The number of nitrogens with two attached hydrogens (primary N) is 1. The molecule has 90 valence electrons. The Morgan fingerprint density at radius 1 is 1.44 bits per heavy atom. The van der Waals surface area contributed by atoms with Crippen LogP contribution in [-0.2, 0) is 6.18 Å². The Hall–Kier alpha value is -1.18. The second-order valence-corrected chi connectivity index (χ2v) is 3.90. The molecule has 0 unspecified atom stereocenters. The lowest BCUT2D eigenvalue weighted by Crippen LogP contribution is -2.13. The van der Waals surface area contributed by atoms with E-state index in [1.165, 1.54) is 0 Å². The summed E-state index contributed by atoms with van der Waals surface area (Å²) in [6, 6.07) is 0.844. The van der Waals surface area contributed by atoms with Crippen LogP contribution in [0.25, 0.3) is 0 Å². The first kappa shape index (κ1) is 12.9. The third kappa shape index (κ3) is 3.76. The molecule has 4 nitrogen and oxygen atoms in total. The molecular weight excluding hydrogens is 241 g/mol. The highest BCUT2D eigenvalue weighted by molar-refractivity contribution is 7.98. The third-order valence-corrected chi connectivity index (χ3v) is 2.26. The van der Waals surface area contributed by atoms with Gasteiger partial charge in [-0.3, -0.25) is 0 Å². The summed E-state index contributed by atoms with van der Waals surface area (Å²) in [5, 5.41) is 2.75. The van der Waals surface area contributed by atoms with E-state index in [1.807, 2.05) is 6.26 Å². The largest absolute Gasteiger partial charge is 0.433 e. The summed E-state index contributed by atoms with van der Waals surface area (Å²) < 4.78 is 37.1. The first-order chi connectivity index (χ1) is 7.43. The van der Waals surface area contributed by atoms with E-state index in [0.717, 1.165) is 11.8 Å². The Labute approximate surface area is 94.8 Å². The van der Waals surface area contributed by atoms with Crippen molar-refractivity contribution in [1.82, 2.24) is 9.97 Å². The van der Waals surface area contributed by atoms with Crippen molar-refractivity contribution in [3.8, 4) is 0 Å². The highest BCUT2D eigenvalue weighted by Gasteiger charge is 2.33. The van der Waals surface area contributed by atoms with Crippen molar-refractivity contribution in [2.45, 2.75) is 6.18 Å². The summed E-state index contributed by atoms with van der Waals surface area (Å²) in [4.78, 5) is 6.80. The fourth-order valence-corrected chi connectivity index (χ4v) is 1.29. The van der Waals surface area contributed by atoms with E-state index in [9.17, 15) is 13.2 Å². The number of anilines is 2. The molecule has 0 aliphatic heterocycles. The van der Waals surface area contributed by atoms with Crippen LogP contribution in [0.2, 0.25) is 0 Å². The summed E-state index contributed by atoms with van der Waals surface area (Å²) in [6.45, 7) is 0.523. The molecule has 0 saturated carbocycles. The van der Waals surface area contributed by atoms with Crippen LogP contribution in [0.3, 0.4) is 0 Å². The molecule has 0 aliphatic rings. The second kappa shape index (κ2) is 5.24. The maximum Gasteiger partial charge on any atom is 0.433 e. The fourth-order valence-electron chi connectivity index (χ4n) is 0.983. The van der Waals surface area contributed by atoms with Crippen LogP contribution in [-0.4, -0.2) is 28.5 Å². The minimum atomic E-state index is -4.51. The Morgan fingerprint density at radius 2 is 2.12 bits per heavy atom. The number of nitrogen functional groups attached to an aromatic ring is 1. The maximum atomic E-state index is 12.4. The zero-order valence-electron chi connectivity index (χ0n) is 8.51. The normalized spacial score (nSPS) is 11.5. The number of hydrogen-bond acceptors (Lipinski definition) is 5. The first-order valence-electron chi connectivity index (χ1n) is 4.38. The minimum absolute atomic E-state index is 0.0916. The lowest BCUT2D eigenvalue weighted by atomic mass is 10.4. The van der Waals surface area contributed by atoms with Gasteiger partial charge >= 0.3 is 6.18 Å². The van der Waals surface area contributed by atoms with E-state index in [0.29, 0.717) is 6.54 Å². The lowest BCUT2D eigenvalue weighted by molar-refractivity contribution is -0.141. The van der Waals surface area contributed by atoms with Crippen LogP contribution in [0.4, 0.5) is 24.9 Å². The van der Waals surface area contributed by atoms with Gasteiger partial charge in [0.05, 0.1) is 0 Å². The molecule has 0 bridgehead atoms. The number of nitrogens with one attached hydrogen (secondary N) is 1. The number of nitrogens with zero attached hydrogens (tertiary/aromatic N) is 2. The van der Waals surface area contributed by atoms with Crippen molar-refractivity contribution < 1.29 is 13.2 Å². The molecule has 1 aromatic rings. The number of hydrogen-bond donors (Lipinski definition) is 2. The summed E-state index contributed by atoms with van der Waals surface area (Å²) in [5.74, 6) is 0.473. The van der Waals surface area contributed by atoms with Crippen LogP contribution < -0.4 is 11.1 Å². The lowest BCUT2D eigenvalue weighted by Gasteiger charge is -2.09. The van der Waals surface area contributed by atoms with E-state index >= 15 is 0 Å². The van der Waals surface area contributed by atoms with E-state index in [-0.39, 0.29) is 11.8 Å². The van der Waals surface area contributed by atoms with Crippen LogP contribution >= 0.6 is 11.8 Å². The van der Waals surface area contributed by atoms with Gasteiger partial charge in [-0.2, -0.15) is 29.9 Å². The zero-order chi connectivity index (χ0) is 12.2. The van der Waals surface area contributed by atoms with Gasteiger partial charge in [0, 0.05) is 18.4 Å². The van der Waals surface area contributed by atoms with Gasteiger partial charge < -0.3 is 11.1 Å². The summed E-state index contributed by atoms with van der Waals surface area (Å²) in [7, 11) is 0. The monoisotopic (exact) mass is 252 g/mol. The second-order valence-electron chi connectivity index (χ2n) is 2.91. The topological polar surface area (TPSA) is 63.8 Å². The summed E-state index contributed by atoms with van der Waals surface area (Å²) in [6.07, 6.45) is -2.61. The van der Waals surface area contributed by atoms with Crippen LogP contribution in [0, 0.1) is 0 Å². The summed E-state index contributed by atoms with van der Waals surface area (Å²) >= 11 is 1.58. The Kier molecular flexibility index (Phi) is 4.22. The SMILES string of the molecule is CSCCNc1cc(C(F)(F)F)nc(N)n1. The van der Waals surface area contributed by atoms with Crippen molar-refractivity contribution >= 4 is 23.5 Å².